The van der Waals surface area contributed by atoms with Gasteiger partial charge in [-0.05, 0) is 31.0 Å². The summed E-state index contributed by atoms with van der Waals surface area (Å²) < 4.78 is 39.0. The van der Waals surface area contributed by atoms with Crippen molar-refractivity contribution in [3.8, 4) is 17.0 Å². The van der Waals surface area contributed by atoms with E-state index in [4.69, 9.17) is 9.15 Å². The lowest BCUT2D eigenvalue weighted by atomic mass is 10.1. The molecule has 2 aliphatic heterocycles. The van der Waals surface area contributed by atoms with Crippen LogP contribution in [-0.4, -0.2) is 89.6 Å². The topological polar surface area (TPSA) is 118 Å². The highest BCUT2D eigenvalue weighted by atomic mass is 32.2. The molecule has 0 aliphatic carbocycles. The lowest BCUT2D eigenvalue weighted by molar-refractivity contribution is -0.128. The first-order valence-corrected chi connectivity index (χ1v) is 14.6. The second-order valence-electron chi connectivity index (χ2n) is 10.1. The molecule has 0 saturated carbocycles. The van der Waals surface area contributed by atoms with Gasteiger partial charge in [-0.3, -0.25) is 14.5 Å². The lowest BCUT2D eigenvalue weighted by Crippen LogP contribution is -2.52. The molecule has 3 aromatic heterocycles. The smallest absolute Gasteiger partial charge is 0.261 e. The van der Waals surface area contributed by atoms with E-state index in [1.54, 1.807) is 36.5 Å². The molecule has 38 heavy (non-hydrogen) atoms. The summed E-state index contributed by atoms with van der Waals surface area (Å²) in [5, 5.41) is 0.481. The fourth-order valence-corrected chi connectivity index (χ4v) is 6.04. The van der Waals surface area contributed by atoms with Crippen LogP contribution in [0.5, 0.6) is 5.88 Å². The summed E-state index contributed by atoms with van der Waals surface area (Å²) >= 11 is 0. The maximum atomic E-state index is 12.9. The van der Waals surface area contributed by atoms with Crippen molar-refractivity contribution in [3.05, 3.63) is 46.7 Å². The van der Waals surface area contributed by atoms with Gasteiger partial charge >= 0.3 is 0 Å². The molecule has 0 spiro atoms. The minimum Gasteiger partial charge on any atom is -0.476 e. The molecule has 204 valence electrons. The number of aromatic nitrogens is 2. The van der Waals surface area contributed by atoms with Gasteiger partial charge in [-0.25, -0.2) is 13.4 Å². The zero-order chi connectivity index (χ0) is 27.0. The van der Waals surface area contributed by atoms with Gasteiger partial charge in [0, 0.05) is 69.7 Å². The molecule has 0 aromatic carbocycles. The number of piperazine rings is 1. The van der Waals surface area contributed by atoms with Gasteiger partial charge in [-0.1, -0.05) is 0 Å². The number of sulfonamides is 1. The van der Waals surface area contributed by atoms with E-state index in [0.717, 1.165) is 24.1 Å². The molecule has 1 atom stereocenters. The Morgan fingerprint density at radius 2 is 2.00 bits per heavy atom. The first-order chi connectivity index (χ1) is 18.1. The van der Waals surface area contributed by atoms with Crippen LogP contribution in [0.4, 0.5) is 0 Å². The van der Waals surface area contributed by atoms with Gasteiger partial charge in [-0.2, -0.15) is 4.31 Å². The highest BCUT2D eigenvalue weighted by molar-refractivity contribution is 7.88. The van der Waals surface area contributed by atoms with Crippen molar-refractivity contribution in [2.24, 2.45) is 7.05 Å². The molecule has 2 aliphatic rings. The molecule has 0 bridgehead atoms. The molecule has 3 aromatic rings. The minimum absolute atomic E-state index is 0.00440. The normalized spacial score (nSPS) is 19.5. The summed E-state index contributed by atoms with van der Waals surface area (Å²) in [6, 6.07) is 5.43. The number of aryl methyl sites for hydroxylation is 1. The summed E-state index contributed by atoms with van der Waals surface area (Å²) in [4.78, 5) is 33.0. The molecule has 11 nitrogen and oxygen atoms in total. The number of fused-ring (bicyclic) bond motifs is 1. The summed E-state index contributed by atoms with van der Waals surface area (Å²) in [5.41, 5.74) is 1.87. The standard InChI is InChI=1S/C26H33N5O6S/c1-18-15-31(38(3,34)35)10-9-30(18)16-20-14-21-25(37-20)22(17-28(2)26(21)33)19-6-7-27-23(13-19)36-12-11-29-8-4-5-24(29)32/h6-7,13-14,17-18H,4-5,8-12,15-16H2,1-3H3/t18-/m1/s1. The fourth-order valence-electron chi connectivity index (χ4n) is 5.14. The number of ether oxygens (including phenoxy) is 1. The number of likely N-dealkylation sites (tertiary alicyclic amines) is 1. The monoisotopic (exact) mass is 543 g/mol. The zero-order valence-electron chi connectivity index (χ0n) is 21.9. The zero-order valence-corrected chi connectivity index (χ0v) is 22.7. The van der Waals surface area contributed by atoms with Gasteiger partial charge in [0.1, 0.15) is 18.0 Å². The van der Waals surface area contributed by atoms with Crippen LogP contribution in [0.25, 0.3) is 22.1 Å². The van der Waals surface area contributed by atoms with Gasteiger partial charge in [0.05, 0.1) is 24.7 Å². The number of carbonyl (C=O) groups excluding carboxylic acids is 1. The van der Waals surface area contributed by atoms with Crippen molar-refractivity contribution in [1.29, 1.82) is 0 Å². The Kier molecular flexibility index (Phi) is 7.30. The third-order valence-electron chi connectivity index (χ3n) is 7.29. The first-order valence-electron chi connectivity index (χ1n) is 12.8. The van der Waals surface area contributed by atoms with E-state index in [2.05, 4.69) is 9.88 Å². The first kappa shape index (κ1) is 26.4. The number of amides is 1. The predicted octanol–water partition coefficient (Wildman–Crippen LogP) is 1.66. The minimum atomic E-state index is -3.23. The SMILES string of the molecule is C[C@@H]1CN(S(C)(=O)=O)CCN1Cc1cc2c(=O)n(C)cc(-c3ccnc(OCCN4CCCC4=O)c3)c2o1. The number of nitrogens with zero attached hydrogens (tertiary/aromatic N) is 5. The maximum absolute atomic E-state index is 12.9. The van der Waals surface area contributed by atoms with Crippen LogP contribution in [0.3, 0.4) is 0 Å². The van der Waals surface area contributed by atoms with Crippen LogP contribution >= 0.6 is 0 Å². The molecular weight excluding hydrogens is 510 g/mol. The Morgan fingerprint density at radius 1 is 1.18 bits per heavy atom. The van der Waals surface area contributed by atoms with Crippen molar-refractivity contribution in [1.82, 2.24) is 23.7 Å². The van der Waals surface area contributed by atoms with Crippen LogP contribution < -0.4 is 10.3 Å². The van der Waals surface area contributed by atoms with Crippen molar-refractivity contribution in [3.63, 3.8) is 0 Å². The van der Waals surface area contributed by atoms with E-state index >= 15 is 0 Å². The molecule has 5 heterocycles. The molecule has 0 radical (unpaired) electrons. The Hall–Kier alpha value is -3.22. The maximum Gasteiger partial charge on any atom is 0.261 e. The van der Waals surface area contributed by atoms with Crippen LogP contribution in [0, 0.1) is 0 Å². The van der Waals surface area contributed by atoms with Crippen LogP contribution in [0.1, 0.15) is 25.5 Å². The van der Waals surface area contributed by atoms with E-state index in [9.17, 15) is 18.0 Å². The van der Waals surface area contributed by atoms with Crippen LogP contribution in [0.2, 0.25) is 0 Å². The number of pyridine rings is 2. The molecule has 2 saturated heterocycles. The van der Waals surface area contributed by atoms with Crippen LogP contribution in [-0.2, 0) is 28.4 Å². The van der Waals surface area contributed by atoms with Crippen molar-refractivity contribution < 1.29 is 22.4 Å². The van der Waals surface area contributed by atoms with E-state index in [1.165, 1.54) is 15.1 Å². The Labute approximate surface area is 221 Å². The number of hydrogen-bond donors (Lipinski definition) is 0. The molecule has 5 rings (SSSR count). The second kappa shape index (κ2) is 10.5. The molecule has 1 amide bonds. The van der Waals surface area contributed by atoms with Crippen molar-refractivity contribution in [2.75, 3.05) is 45.6 Å². The van der Waals surface area contributed by atoms with Gasteiger partial charge in [0.15, 0.2) is 0 Å². The number of hydrogen-bond acceptors (Lipinski definition) is 8. The molecule has 12 heteroatoms. The Bertz CT molecular complexity index is 1510. The summed E-state index contributed by atoms with van der Waals surface area (Å²) in [5.74, 6) is 1.23. The Morgan fingerprint density at radius 3 is 2.71 bits per heavy atom. The Balaban J connectivity index is 1.36. The van der Waals surface area contributed by atoms with Gasteiger partial charge in [-0.15, -0.1) is 0 Å². The van der Waals surface area contributed by atoms with Gasteiger partial charge < -0.3 is 18.6 Å². The summed E-state index contributed by atoms with van der Waals surface area (Å²) in [6.07, 6.45) is 6.10. The van der Waals surface area contributed by atoms with Gasteiger partial charge in [0.2, 0.25) is 21.8 Å². The molecule has 2 fully saturated rings. The average molecular weight is 544 g/mol. The van der Waals surface area contributed by atoms with E-state index in [-0.39, 0.29) is 17.5 Å². The summed E-state index contributed by atoms with van der Waals surface area (Å²) in [7, 11) is -1.53. The lowest BCUT2D eigenvalue weighted by Gasteiger charge is -2.38. The largest absolute Gasteiger partial charge is 0.476 e. The average Bonchev–Trinajstić information content (AvgIpc) is 3.48. The summed E-state index contributed by atoms with van der Waals surface area (Å²) in [6.45, 7) is 5.50. The number of furan rings is 1. The second-order valence-corrected chi connectivity index (χ2v) is 12.1. The fraction of sp³-hybridized carbons (Fsp3) is 0.500. The van der Waals surface area contributed by atoms with E-state index in [0.29, 0.717) is 68.4 Å². The van der Waals surface area contributed by atoms with Crippen molar-refractivity contribution >= 4 is 26.9 Å². The van der Waals surface area contributed by atoms with E-state index < -0.39 is 10.0 Å². The quantitative estimate of drug-likeness (QED) is 0.421. The predicted molar refractivity (Wildman–Crippen MR) is 142 cm³/mol. The highest BCUT2D eigenvalue weighted by Gasteiger charge is 2.29. The van der Waals surface area contributed by atoms with Gasteiger partial charge in [0.25, 0.3) is 5.56 Å². The van der Waals surface area contributed by atoms with E-state index in [1.807, 2.05) is 13.0 Å². The third-order valence-corrected chi connectivity index (χ3v) is 8.56. The van der Waals surface area contributed by atoms with Crippen LogP contribution in [0.15, 0.2) is 39.8 Å². The number of carbonyl (C=O) groups is 1. The highest BCUT2D eigenvalue weighted by Crippen LogP contribution is 2.31. The molecule has 0 unspecified atom stereocenters. The molecule has 0 N–H and O–H groups in total. The molecular formula is C26H33N5O6S. The number of rotatable bonds is 8. The van der Waals surface area contributed by atoms with Crippen molar-refractivity contribution in [2.45, 2.75) is 32.4 Å². The third kappa shape index (κ3) is 5.47.